The Kier molecular flexibility index (Phi) is 5.95. The molecule has 2 N–H and O–H groups in total. The molecule has 0 aliphatic carbocycles. The van der Waals surface area contributed by atoms with E-state index in [1.165, 1.54) is 4.90 Å². The average molecular weight is 356 g/mol. The lowest BCUT2D eigenvalue weighted by Crippen LogP contribution is -2.41. The van der Waals surface area contributed by atoms with Gasteiger partial charge in [-0.05, 0) is 36.4 Å². The van der Waals surface area contributed by atoms with Crippen LogP contribution in [-0.2, 0) is 9.59 Å². The highest BCUT2D eigenvalue weighted by molar-refractivity contribution is 7.99. The SMILES string of the molecule is O=C(C[C@H]1Oc2ccccc2NC1=O)NCCCSc1ccccc1. The molecule has 0 radical (unpaired) electrons. The van der Waals surface area contributed by atoms with Crippen molar-refractivity contribution in [1.29, 1.82) is 0 Å². The van der Waals surface area contributed by atoms with E-state index in [1.54, 1.807) is 23.9 Å². The number of carbonyl (C=O) groups excluding carboxylic acids is 2. The number of amides is 2. The molecule has 130 valence electrons. The molecule has 6 heteroatoms. The van der Waals surface area contributed by atoms with E-state index >= 15 is 0 Å². The van der Waals surface area contributed by atoms with Crippen LogP contribution in [0.15, 0.2) is 59.5 Å². The van der Waals surface area contributed by atoms with E-state index in [1.807, 2.05) is 30.3 Å². The second-order valence-electron chi connectivity index (χ2n) is 5.66. The van der Waals surface area contributed by atoms with Gasteiger partial charge in [-0.1, -0.05) is 30.3 Å². The molecule has 5 nitrogen and oxygen atoms in total. The third-order valence-corrected chi connectivity index (χ3v) is 4.83. The van der Waals surface area contributed by atoms with Crippen molar-refractivity contribution in [3.8, 4) is 5.75 Å². The van der Waals surface area contributed by atoms with Gasteiger partial charge < -0.3 is 15.4 Å². The molecule has 1 aliphatic heterocycles. The first kappa shape index (κ1) is 17.4. The number of rotatable bonds is 7. The van der Waals surface area contributed by atoms with Gasteiger partial charge in [-0.25, -0.2) is 0 Å². The van der Waals surface area contributed by atoms with Crippen molar-refractivity contribution in [2.24, 2.45) is 0 Å². The molecule has 2 aromatic carbocycles. The summed E-state index contributed by atoms with van der Waals surface area (Å²) in [5.41, 5.74) is 0.641. The van der Waals surface area contributed by atoms with E-state index in [9.17, 15) is 9.59 Å². The van der Waals surface area contributed by atoms with E-state index in [2.05, 4.69) is 22.8 Å². The molecule has 0 fully saturated rings. The molecule has 0 bridgehead atoms. The van der Waals surface area contributed by atoms with Crippen LogP contribution in [0.1, 0.15) is 12.8 Å². The minimum absolute atomic E-state index is 0.0198. The third-order valence-electron chi connectivity index (χ3n) is 3.73. The van der Waals surface area contributed by atoms with Crippen LogP contribution in [0.5, 0.6) is 5.75 Å². The molecule has 3 rings (SSSR count). The van der Waals surface area contributed by atoms with Crippen molar-refractivity contribution in [3.05, 3.63) is 54.6 Å². The van der Waals surface area contributed by atoms with Crippen LogP contribution in [0.3, 0.4) is 0 Å². The van der Waals surface area contributed by atoms with Crippen molar-refractivity contribution in [2.45, 2.75) is 23.8 Å². The minimum atomic E-state index is -0.784. The number of carbonyl (C=O) groups is 2. The minimum Gasteiger partial charge on any atom is -0.478 e. The number of thioether (sulfide) groups is 1. The molecule has 2 aromatic rings. The maximum Gasteiger partial charge on any atom is 0.266 e. The largest absolute Gasteiger partial charge is 0.478 e. The molecule has 1 aliphatic rings. The number of fused-ring (bicyclic) bond motifs is 1. The van der Waals surface area contributed by atoms with Crippen molar-refractivity contribution in [2.75, 3.05) is 17.6 Å². The first-order chi connectivity index (χ1) is 12.2. The van der Waals surface area contributed by atoms with Gasteiger partial charge in [-0.3, -0.25) is 9.59 Å². The summed E-state index contributed by atoms with van der Waals surface area (Å²) in [5.74, 6) is 1.06. The predicted molar refractivity (Wildman–Crippen MR) is 98.9 cm³/mol. The Morgan fingerprint density at radius 3 is 2.72 bits per heavy atom. The summed E-state index contributed by atoms with van der Waals surface area (Å²) >= 11 is 1.76. The number of hydrogen-bond donors (Lipinski definition) is 2. The van der Waals surface area contributed by atoms with E-state index in [0.717, 1.165) is 12.2 Å². The van der Waals surface area contributed by atoms with Crippen LogP contribution in [0.25, 0.3) is 0 Å². The van der Waals surface area contributed by atoms with Crippen LogP contribution in [0.2, 0.25) is 0 Å². The second-order valence-corrected chi connectivity index (χ2v) is 6.83. The van der Waals surface area contributed by atoms with E-state index in [0.29, 0.717) is 18.0 Å². The molecule has 0 unspecified atom stereocenters. The van der Waals surface area contributed by atoms with E-state index in [4.69, 9.17) is 4.74 Å². The molecular formula is C19H20N2O3S. The lowest BCUT2D eigenvalue weighted by atomic mass is 10.1. The van der Waals surface area contributed by atoms with Gasteiger partial charge in [0.15, 0.2) is 6.10 Å². The highest BCUT2D eigenvalue weighted by Crippen LogP contribution is 2.29. The zero-order valence-electron chi connectivity index (χ0n) is 13.7. The molecule has 2 amide bonds. The van der Waals surface area contributed by atoms with Crippen molar-refractivity contribution < 1.29 is 14.3 Å². The number of anilines is 1. The van der Waals surface area contributed by atoms with Crippen LogP contribution >= 0.6 is 11.8 Å². The van der Waals surface area contributed by atoms with Gasteiger partial charge in [-0.2, -0.15) is 0 Å². The Bertz CT molecular complexity index is 736. The zero-order chi connectivity index (χ0) is 17.5. The summed E-state index contributed by atoms with van der Waals surface area (Å²) in [4.78, 5) is 25.3. The molecular weight excluding hydrogens is 336 g/mol. The number of nitrogens with one attached hydrogen (secondary N) is 2. The number of para-hydroxylation sites is 2. The first-order valence-corrected chi connectivity index (χ1v) is 9.22. The number of hydrogen-bond acceptors (Lipinski definition) is 4. The van der Waals surface area contributed by atoms with Gasteiger partial charge in [0.05, 0.1) is 12.1 Å². The van der Waals surface area contributed by atoms with Crippen molar-refractivity contribution in [3.63, 3.8) is 0 Å². The molecule has 25 heavy (non-hydrogen) atoms. The second kappa shape index (κ2) is 8.58. The molecule has 0 saturated carbocycles. The Hall–Kier alpha value is -2.47. The van der Waals surface area contributed by atoms with Gasteiger partial charge in [0.1, 0.15) is 5.75 Å². The summed E-state index contributed by atoms with van der Waals surface area (Å²) in [7, 11) is 0. The third kappa shape index (κ3) is 5.00. The fourth-order valence-corrected chi connectivity index (χ4v) is 3.35. The topological polar surface area (TPSA) is 67.4 Å². The normalized spacial score (nSPS) is 15.7. The first-order valence-electron chi connectivity index (χ1n) is 8.23. The summed E-state index contributed by atoms with van der Waals surface area (Å²) < 4.78 is 5.62. The highest BCUT2D eigenvalue weighted by atomic mass is 32.2. The number of ether oxygens (including phenoxy) is 1. The molecule has 1 heterocycles. The van der Waals surface area contributed by atoms with Crippen LogP contribution < -0.4 is 15.4 Å². The maximum atomic E-state index is 12.0. The van der Waals surface area contributed by atoms with Gasteiger partial charge in [0.2, 0.25) is 5.91 Å². The average Bonchev–Trinajstić information content (AvgIpc) is 2.63. The fourth-order valence-electron chi connectivity index (χ4n) is 2.47. The fraction of sp³-hybridized carbons (Fsp3) is 0.263. The maximum absolute atomic E-state index is 12.0. The van der Waals surface area contributed by atoms with Crippen molar-refractivity contribution in [1.82, 2.24) is 5.32 Å². The van der Waals surface area contributed by atoms with Crippen LogP contribution in [0.4, 0.5) is 5.69 Å². The van der Waals surface area contributed by atoms with Gasteiger partial charge >= 0.3 is 0 Å². The highest BCUT2D eigenvalue weighted by Gasteiger charge is 2.29. The monoisotopic (exact) mass is 356 g/mol. The van der Waals surface area contributed by atoms with E-state index < -0.39 is 6.10 Å². The zero-order valence-corrected chi connectivity index (χ0v) is 14.6. The quantitative estimate of drug-likeness (QED) is 0.591. The number of benzene rings is 2. The van der Waals surface area contributed by atoms with Crippen LogP contribution in [-0.4, -0.2) is 30.2 Å². The summed E-state index contributed by atoms with van der Waals surface area (Å²) in [6.45, 7) is 0.587. The summed E-state index contributed by atoms with van der Waals surface area (Å²) in [5, 5.41) is 5.61. The summed E-state index contributed by atoms with van der Waals surface area (Å²) in [6.07, 6.45) is 0.103. The van der Waals surface area contributed by atoms with Crippen LogP contribution in [0, 0.1) is 0 Å². The summed E-state index contributed by atoms with van der Waals surface area (Å²) in [6, 6.07) is 17.4. The van der Waals surface area contributed by atoms with Gasteiger partial charge in [0.25, 0.3) is 5.91 Å². The smallest absolute Gasteiger partial charge is 0.266 e. The van der Waals surface area contributed by atoms with Gasteiger partial charge in [-0.15, -0.1) is 11.8 Å². The molecule has 0 saturated heterocycles. The molecule has 0 spiro atoms. The Balaban J connectivity index is 1.37. The van der Waals surface area contributed by atoms with E-state index in [-0.39, 0.29) is 18.2 Å². The standard InChI is InChI=1S/C19H20N2O3S/c22-18(20-11-6-12-25-14-7-2-1-3-8-14)13-17-19(23)21-15-9-4-5-10-16(15)24-17/h1-5,7-10,17H,6,11-13H2,(H,20,22)(H,21,23)/t17-/m1/s1. The lowest BCUT2D eigenvalue weighted by molar-refractivity contribution is -0.130. The molecule has 0 aromatic heterocycles. The lowest BCUT2D eigenvalue weighted by Gasteiger charge is -2.25. The molecule has 1 atom stereocenters. The predicted octanol–water partition coefficient (Wildman–Crippen LogP) is 3.07. The Labute approximate surface area is 151 Å². The Morgan fingerprint density at radius 1 is 1.12 bits per heavy atom. The van der Waals surface area contributed by atoms with Gasteiger partial charge in [0, 0.05) is 11.4 Å². The Morgan fingerprint density at radius 2 is 1.88 bits per heavy atom. The van der Waals surface area contributed by atoms with Crippen molar-refractivity contribution >= 4 is 29.3 Å².